The largest absolute Gasteiger partial charge is 0.444 e. The molecular formula is C11H10ClNO. The predicted molar refractivity (Wildman–Crippen MR) is 55.3 cm³/mol. The van der Waals surface area contributed by atoms with Gasteiger partial charge in [-0.25, -0.2) is 4.98 Å². The highest BCUT2D eigenvalue weighted by Gasteiger charge is 2.02. The van der Waals surface area contributed by atoms with E-state index in [1.807, 2.05) is 18.2 Å². The average molecular weight is 208 g/mol. The van der Waals surface area contributed by atoms with E-state index in [9.17, 15) is 0 Å². The van der Waals surface area contributed by atoms with Crippen LogP contribution in [-0.4, -0.2) is 4.98 Å². The van der Waals surface area contributed by atoms with E-state index in [1.54, 1.807) is 6.20 Å². The molecule has 0 saturated carbocycles. The highest BCUT2D eigenvalue weighted by atomic mass is 35.5. The molecule has 1 aromatic heterocycles. The summed E-state index contributed by atoms with van der Waals surface area (Å²) >= 11 is 5.59. The summed E-state index contributed by atoms with van der Waals surface area (Å²) in [6, 6.07) is 10.1. The second-order valence-electron chi connectivity index (χ2n) is 3.02. The summed E-state index contributed by atoms with van der Waals surface area (Å²) in [4.78, 5) is 4.03. The van der Waals surface area contributed by atoms with Gasteiger partial charge in [0.25, 0.3) is 0 Å². The average Bonchev–Trinajstić information content (AvgIpc) is 2.67. The van der Waals surface area contributed by atoms with Gasteiger partial charge >= 0.3 is 0 Å². The molecule has 0 saturated heterocycles. The van der Waals surface area contributed by atoms with Crippen molar-refractivity contribution in [3.8, 4) is 0 Å². The number of hydrogen-bond acceptors (Lipinski definition) is 2. The molecule has 1 aromatic carbocycles. The SMILES string of the molecule is ClCc1ncc(Cc2ccccc2)o1. The van der Waals surface area contributed by atoms with E-state index in [0.29, 0.717) is 11.8 Å². The highest BCUT2D eigenvalue weighted by molar-refractivity contribution is 6.16. The fraction of sp³-hybridized carbons (Fsp3) is 0.182. The molecule has 0 unspecified atom stereocenters. The van der Waals surface area contributed by atoms with Crippen molar-refractivity contribution in [2.45, 2.75) is 12.3 Å². The van der Waals surface area contributed by atoms with Gasteiger partial charge in [-0.15, -0.1) is 11.6 Å². The first kappa shape index (κ1) is 9.28. The van der Waals surface area contributed by atoms with Crippen molar-refractivity contribution >= 4 is 11.6 Å². The molecule has 0 spiro atoms. The number of hydrogen-bond donors (Lipinski definition) is 0. The van der Waals surface area contributed by atoms with Crippen molar-refractivity contribution in [2.75, 3.05) is 0 Å². The van der Waals surface area contributed by atoms with Gasteiger partial charge in [-0.2, -0.15) is 0 Å². The van der Waals surface area contributed by atoms with Crippen molar-refractivity contribution in [1.29, 1.82) is 0 Å². The van der Waals surface area contributed by atoms with Gasteiger partial charge in [0.1, 0.15) is 5.76 Å². The lowest BCUT2D eigenvalue weighted by Gasteiger charge is -1.95. The smallest absolute Gasteiger partial charge is 0.209 e. The van der Waals surface area contributed by atoms with E-state index in [0.717, 1.165) is 12.2 Å². The Hall–Kier alpha value is -1.28. The monoisotopic (exact) mass is 207 g/mol. The van der Waals surface area contributed by atoms with Crippen LogP contribution in [0.3, 0.4) is 0 Å². The lowest BCUT2D eigenvalue weighted by molar-refractivity contribution is 0.479. The molecule has 0 radical (unpaired) electrons. The molecule has 72 valence electrons. The van der Waals surface area contributed by atoms with Gasteiger partial charge in [0.2, 0.25) is 5.89 Å². The first-order chi connectivity index (χ1) is 6.88. The third-order valence-electron chi connectivity index (χ3n) is 1.94. The van der Waals surface area contributed by atoms with E-state index in [-0.39, 0.29) is 0 Å². The second kappa shape index (κ2) is 4.29. The molecule has 1 heterocycles. The first-order valence-corrected chi connectivity index (χ1v) is 4.95. The van der Waals surface area contributed by atoms with E-state index in [2.05, 4.69) is 17.1 Å². The summed E-state index contributed by atoms with van der Waals surface area (Å²) in [7, 11) is 0. The lowest BCUT2D eigenvalue weighted by Crippen LogP contribution is -1.83. The van der Waals surface area contributed by atoms with Crippen molar-refractivity contribution < 1.29 is 4.42 Å². The molecule has 2 rings (SSSR count). The molecule has 0 N–H and O–H groups in total. The van der Waals surface area contributed by atoms with Gasteiger partial charge in [0, 0.05) is 6.42 Å². The summed E-state index contributed by atoms with van der Waals surface area (Å²) in [6.45, 7) is 0. The Kier molecular flexibility index (Phi) is 2.84. The zero-order chi connectivity index (χ0) is 9.80. The number of aromatic nitrogens is 1. The molecule has 2 aromatic rings. The van der Waals surface area contributed by atoms with Crippen LogP contribution in [0.5, 0.6) is 0 Å². The normalized spacial score (nSPS) is 10.4. The van der Waals surface area contributed by atoms with E-state index in [4.69, 9.17) is 16.0 Å². The third-order valence-corrected chi connectivity index (χ3v) is 2.17. The maximum absolute atomic E-state index is 5.59. The fourth-order valence-electron chi connectivity index (χ4n) is 1.29. The number of halogens is 1. The Labute approximate surface area is 87.5 Å². The van der Waals surface area contributed by atoms with Gasteiger partial charge in [-0.1, -0.05) is 30.3 Å². The third kappa shape index (κ3) is 2.15. The molecule has 0 aliphatic carbocycles. The number of alkyl halides is 1. The van der Waals surface area contributed by atoms with Gasteiger partial charge < -0.3 is 4.42 Å². The van der Waals surface area contributed by atoms with Crippen LogP contribution < -0.4 is 0 Å². The van der Waals surface area contributed by atoms with Crippen LogP contribution in [0.1, 0.15) is 17.2 Å². The van der Waals surface area contributed by atoms with E-state index < -0.39 is 0 Å². The molecule has 0 bridgehead atoms. The van der Waals surface area contributed by atoms with Crippen LogP contribution in [-0.2, 0) is 12.3 Å². The minimum absolute atomic E-state index is 0.328. The van der Waals surface area contributed by atoms with Crippen molar-refractivity contribution in [2.24, 2.45) is 0 Å². The Morgan fingerprint density at radius 3 is 2.64 bits per heavy atom. The standard InChI is InChI=1S/C11H10ClNO/c12-7-11-13-8-10(14-11)6-9-4-2-1-3-5-9/h1-5,8H,6-7H2. The minimum atomic E-state index is 0.328. The zero-order valence-electron chi connectivity index (χ0n) is 7.61. The van der Waals surface area contributed by atoms with Crippen molar-refractivity contribution in [3.05, 3.63) is 53.7 Å². The topological polar surface area (TPSA) is 26.0 Å². The van der Waals surface area contributed by atoms with Crippen molar-refractivity contribution in [3.63, 3.8) is 0 Å². The van der Waals surface area contributed by atoms with Crippen LogP contribution in [0.2, 0.25) is 0 Å². The Balaban J connectivity index is 2.11. The van der Waals surface area contributed by atoms with Gasteiger partial charge in [-0.3, -0.25) is 0 Å². The molecular weight excluding hydrogens is 198 g/mol. The molecule has 0 aliphatic rings. The summed E-state index contributed by atoms with van der Waals surface area (Å²) in [6.07, 6.45) is 2.50. The maximum Gasteiger partial charge on any atom is 0.209 e. The quantitative estimate of drug-likeness (QED) is 0.724. The van der Waals surface area contributed by atoms with Crippen LogP contribution in [0.4, 0.5) is 0 Å². The van der Waals surface area contributed by atoms with Gasteiger partial charge in [0.05, 0.1) is 12.1 Å². The zero-order valence-corrected chi connectivity index (χ0v) is 8.37. The van der Waals surface area contributed by atoms with Crippen LogP contribution in [0.25, 0.3) is 0 Å². The minimum Gasteiger partial charge on any atom is -0.444 e. The number of oxazole rings is 1. The second-order valence-corrected chi connectivity index (χ2v) is 3.28. The van der Waals surface area contributed by atoms with Crippen molar-refractivity contribution in [1.82, 2.24) is 4.98 Å². The molecule has 0 aliphatic heterocycles. The number of benzene rings is 1. The molecule has 0 atom stereocenters. The summed E-state index contributed by atoms with van der Waals surface area (Å²) < 4.78 is 5.39. The van der Waals surface area contributed by atoms with Crippen LogP contribution in [0, 0.1) is 0 Å². The van der Waals surface area contributed by atoms with Gasteiger partial charge in [-0.05, 0) is 5.56 Å². The molecule has 3 heteroatoms. The highest BCUT2D eigenvalue weighted by Crippen LogP contribution is 2.11. The fourth-order valence-corrected chi connectivity index (χ4v) is 1.41. The Morgan fingerprint density at radius 2 is 2.00 bits per heavy atom. The Bertz CT molecular complexity index is 397. The van der Waals surface area contributed by atoms with E-state index >= 15 is 0 Å². The summed E-state index contributed by atoms with van der Waals surface area (Å²) in [5.74, 6) is 1.76. The van der Waals surface area contributed by atoms with Crippen LogP contribution in [0.15, 0.2) is 40.9 Å². The van der Waals surface area contributed by atoms with E-state index in [1.165, 1.54) is 5.56 Å². The Morgan fingerprint density at radius 1 is 1.21 bits per heavy atom. The maximum atomic E-state index is 5.59. The summed E-state index contributed by atoms with van der Waals surface area (Å²) in [5.41, 5.74) is 1.21. The van der Waals surface area contributed by atoms with Crippen LogP contribution >= 0.6 is 11.6 Å². The van der Waals surface area contributed by atoms with Gasteiger partial charge in [0.15, 0.2) is 0 Å². The number of rotatable bonds is 3. The number of nitrogens with zero attached hydrogens (tertiary/aromatic N) is 1. The molecule has 14 heavy (non-hydrogen) atoms. The molecule has 0 fully saturated rings. The lowest BCUT2D eigenvalue weighted by atomic mass is 10.1. The summed E-state index contributed by atoms with van der Waals surface area (Å²) in [5, 5.41) is 0. The molecule has 0 amide bonds. The molecule has 2 nitrogen and oxygen atoms in total. The predicted octanol–water partition coefficient (Wildman–Crippen LogP) is 3.00. The first-order valence-electron chi connectivity index (χ1n) is 4.42.